The quantitative estimate of drug-likeness (QED) is 0.587. The molecule has 0 aliphatic carbocycles. The molecule has 0 aliphatic rings. The summed E-state index contributed by atoms with van der Waals surface area (Å²) in [4.78, 5) is 12.7. The molecule has 0 aliphatic heterocycles. The standard InChI is InChI=1S/C21H23N3O5/c1-14(10-15-8-6-5-7-9-15)24-13-19(29-23-24)22-21(25)16-11-17(26-2)20(28-4)18(12-16)27-3/h5-9,11-14H,10H2,1-4H3/p+1/t14-/m1/s1. The summed E-state index contributed by atoms with van der Waals surface area (Å²) in [6.45, 7) is 2.03. The average Bonchev–Trinajstić information content (AvgIpc) is 3.21. The number of rotatable bonds is 8. The summed E-state index contributed by atoms with van der Waals surface area (Å²) in [5.74, 6) is 1.05. The van der Waals surface area contributed by atoms with Crippen molar-refractivity contribution in [3.63, 3.8) is 0 Å². The molecule has 3 rings (SSSR count). The van der Waals surface area contributed by atoms with Gasteiger partial charge in [-0.3, -0.25) is 14.6 Å². The van der Waals surface area contributed by atoms with Crippen LogP contribution in [0.1, 0.15) is 28.9 Å². The zero-order valence-electron chi connectivity index (χ0n) is 16.8. The Kier molecular flexibility index (Phi) is 6.33. The van der Waals surface area contributed by atoms with Gasteiger partial charge in [-0.2, -0.15) is 0 Å². The van der Waals surface area contributed by atoms with Gasteiger partial charge in [-0.25, -0.2) is 0 Å². The van der Waals surface area contributed by atoms with Gasteiger partial charge in [-0.15, -0.1) is 0 Å². The van der Waals surface area contributed by atoms with Crippen molar-refractivity contribution in [3.8, 4) is 17.2 Å². The third-order valence-corrected chi connectivity index (χ3v) is 4.47. The van der Waals surface area contributed by atoms with E-state index >= 15 is 0 Å². The van der Waals surface area contributed by atoms with Gasteiger partial charge in [0.2, 0.25) is 11.0 Å². The second-order valence-electron chi connectivity index (χ2n) is 6.45. The molecule has 1 aromatic heterocycles. The molecular weight excluding hydrogens is 374 g/mol. The van der Waals surface area contributed by atoms with Crippen LogP contribution in [0.4, 0.5) is 5.88 Å². The van der Waals surface area contributed by atoms with Crippen molar-refractivity contribution in [3.05, 3.63) is 59.8 Å². The van der Waals surface area contributed by atoms with Gasteiger partial charge in [0.15, 0.2) is 17.5 Å². The number of amides is 1. The summed E-state index contributed by atoms with van der Waals surface area (Å²) in [6.07, 6.45) is 2.45. The molecule has 2 aromatic carbocycles. The molecule has 1 atom stereocenters. The minimum absolute atomic E-state index is 0.0629. The summed E-state index contributed by atoms with van der Waals surface area (Å²) in [7, 11) is 4.49. The van der Waals surface area contributed by atoms with Crippen molar-refractivity contribution in [2.45, 2.75) is 19.4 Å². The van der Waals surface area contributed by atoms with Gasteiger partial charge in [0.1, 0.15) is 0 Å². The number of methoxy groups -OCH3 is 3. The van der Waals surface area contributed by atoms with Crippen LogP contribution < -0.4 is 24.2 Å². The predicted octanol–water partition coefficient (Wildman–Crippen LogP) is 3.04. The smallest absolute Gasteiger partial charge is 0.302 e. The first-order valence-electron chi connectivity index (χ1n) is 9.09. The zero-order valence-corrected chi connectivity index (χ0v) is 16.8. The van der Waals surface area contributed by atoms with Gasteiger partial charge in [0.25, 0.3) is 12.1 Å². The molecule has 3 aromatic rings. The number of nitrogens with zero attached hydrogens (tertiary/aromatic N) is 2. The third-order valence-electron chi connectivity index (χ3n) is 4.47. The van der Waals surface area contributed by atoms with E-state index in [2.05, 4.69) is 22.7 Å². The van der Waals surface area contributed by atoms with Crippen molar-refractivity contribution < 1.29 is 28.2 Å². The van der Waals surface area contributed by atoms with E-state index in [-0.39, 0.29) is 17.8 Å². The lowest BCUT2D eigenvalue weighted by atomic mass is 10.1. The summed E-state index contributed by atoms with van der Waals surface area (Å²) in [5, 5.41) is 6.71. The number of benzene rings is 2. The summed E-state index contributed by atoms with van der Waals surface area (Å²) in [6, 6.07) is 13.3. The molecule has 29 heavy (non-hydrogen) atoms. The number of nitrogens with one attached hydrogen (secondary N) is 1. The molecule has 0 saturated carbocycles. The molecule has 0 fully saturated rings. The van der Waals surface area contributed by atoms with Gasteiger partial charge < -0.3 is 14.2 Å². The molecule has 1 amide bonds. The van der Waals surface area contributed by atoms with Crippen molar-refractivity contribution in [2.75, 3.05) is 26.6 Å². The number of hydrogen-bond acceptors (Lipinski definition) is 6. The molecular formula is C21H24N3O5+. The molecule has 0 spiro atoms. The maximum Gasteiger partial charge on any atom is 0.302 e. The van der Waals surface area contributed by atoms with E-state index in [1.807, 2.05) is 25.1 Å². The van der Waals surface area contributed by atoms with Gasteiger partial charge >= 0.3 is 5.88 Å². The lowest BCUT2D eigenvalue weighted by Crippen LogP contribution is -2.40. The molecule has 8 heteroatoms. The maximum atomic E-state index is 12.7. The fourth-order valence-electron chi connectivity index (χ4n) is 2.97. The highest BCUT2D eigenvalue weighted by Gasteiger charge is 2.23. The Balaban J connectivity index is 1.73. The van der Waals surface area contributed by atoms with Crippen LogP contribution in [0.3, 0.4) is 0 Å². The molecule has 0 unspecified atom stereocenters. The van der Waals surface area contributed by atoms with E-state index in [0.29, 0.717) is 22.8 Å². The van der Waals surface area contributed by atoms with Crippen molar-refractivity contribution in [2.24, 2.45) is 0 Å². The number of carbonyl (C=O) groups excluding carboxylic acids is 1. The van der Waals surface area contributed by atoms with E-state index in [4.69, 9.17) is 18.7 Å². The number of anilines is 1. The lowest BCUT2D eigenvalue weighted by Gasteiger charge is -2.13. The summed E-state index contributed by atoms with van der Waals surface area (Å²) < 4.78 is 22.8. The Labute approximate surface area is 169 Å². The van der Waals surface area contributed by atoms with Gasteiger partial charge in [-0.1, -0.05) is 30.3 Å². The van der Waals surface area contributed by atoms with Crippen LogP contribution in [0.5, 0.6) is 17.2 Å². The minimum atomic E-state index is -0.386. The second kappa shape index (κ2) is 9.09. The molecule has 1 N–H and O–H groups in total. The fraction of sp³-hybridized carbons (Fsp3) is 0.286. The van der Waals surface area contributed by atoms with Crippen LogP contribution in [-0.2, 0) is 6.42 Å². The number of ether oxygens (including phenoxy) is 3. The van der Waals surface area contributed by atoms with E-state index < -0.39 is 0 Å². The van der Waals surface area contributed by atoms with Gasteiger partial charge in [-0.05, 0) is 22.4 Å². The van der Waals surface area contributed by atoms with Crippen LogP contribution in [0.2, 0.25) is 0 Å². The fourth-order valence-corrected chi connectivity index (χ4v) is 2.97. The van der Waals surface area contributed by atoms with E-state index in [9.17, 15) is 4.79 Å². The van der Waals surface area contributed by atoms with Crippen molar-refractivity contribution in [1.29, 1.82) is 0 Å². The van der Waals surface area contributed by atoms with Gasteiger partial charge in [0, 0.05) is 18.9 Å². The van der Waals surface area contributed by atoms with E-state index in [1.54, 1.807) is 23.0 Å². The first-order valence-corrected chi connectivity index (χ1v) is 9.09. The van der Waals surface area contributed by atoms with Crippen LogP contribution in [0, 0.1) is 0 Å². The highest BCUT2D eigenvalue weighted by Crippen LogP contribution is 2.38. The predicted molar refractivity (Wildman–Crippen MR) is 106 cm³/mol. The number of carbonyl (C=O) groups is 1. The Bertz CT molecular complexity index is 946. The lowest BCUT2D eigenvalue weighted by molar-refractivity contribution is -0.782. The minimum Gasteiger partial charge on any atom is -0.493 e. The Hall–Kier alpha value is -3.55. The van der Waals surface area contributed by atoms with Crippen LogP contribution in [0.15, 0.2) is 53.2 Å². The second-order valence-corrected chi connectivity index (χ2v) is 6.45. The van der Waals surface area contributed by atoms with E-state index in [1.165, 1.54) is 26.9 Å². The molecule has 8 nitrogen and oxygen atoms in total. The SMILES string of the molecule is COc1cc(C(=O)Nc2c[n+]([C@H](C)Cc3ccccc3)no2)cc(OC)c1OC. The monoisotopic (exact) mass is 398 g/mol. The van der Waals surface area contributed by atoms with Gasteiger partial charge in [0.05, 0.1) is 21.3 Å². The molecule has 1 heterocycles. The normalized spacial score (nSPS) is 11.6. The molecule has 0 bridgehead atoms. The first-order chi connectivity index (χ1) is 14.0. The largest absolute Gasteiger partial charge is 0.493 e. The molecule has 0 radical (unpaired) electrons. The Morgan fingerprint density at radius 3 is 2.34 bits per heavy atom. The van der Waals surface area contributed by atoms with Crippen molar-refractivity contribution >= 4 is 11.8 Å². The van der Waals surface area contributed by atoms with E-state index in [0.717, 1.165) is 6.42 Å². The third kappa shape index (κ3) is 4.66. The highest BCUT2D eigenvalue weighted by atomic mass is 16.5. The Morgan fingerprint density at radius 2 is 1.76 bits per heavy atom. The topological polar surface area (TPSA) is 86.7 Å². The zero-order chi connectivity index (χ0) is 20.8. The van der Waals surface area contributed by atoms with Crippen molar-refractivity contribution in [1.82, 2.24) is 5.27 Å². The molecule has 152 valence electrons. The number of hydrogen-bond donors (Lipinski definition) is 1. The van der Waals surface area contributed by atoms with Crippen LogP contribution in [0.25, 0.3) is 0 Å². The highest BCUT2D eigenvalue weighted by molar-refractivity contribution is 6.04. The van der Waals surface area contributed by atoms with Crippen LogP contribution in [-0.4, -0.2) is 32.5 Å². The molecule has 0 saturated heterocycles. The summed E-state index contributed by atoms with van der Waals surface area (Å²) in [5.41, 5.74) is 1.53. The number of aromatic nitrogens is 2. The Morgan fingerprint density at radius 1 is 1.10 bits per heavy atom. The maximum absolute atomic E-state index is 12.7. The average molecular weight is 398 g/mol. The first kappa shape index (κ1) is 20.2. The summed E-state index contributed by atoms with van der Waals surface area (Å²) >= 11 is 0. The van der Waals surface area contributed by atoms with Crippen LogP contribution >= 0.6 is 0 Å².